The van der Waals surface area contributed by atoms with Crippen molar-refractivity contribution in [2.75, 3.05) is 19.8 Å². The Bertz CT molecular complexity index is 854. The molecule has 0 radical (unpaired) electrons. The monoisotopic (exact) mass is 677 g/mol. The molecule has 0 saturated heterocycles. The number of aliphatic hydroxyl groups excluding tert-OH is 1. The Morgan fingerprint density at radius 2 is 1.13 bits per heavy atom. The minimum atomic E-state index is -4.74. The van der Waals surface area contributed by atoms with Crippen LogP contribution in [0.3, 0.4) is 0 Å². The molecule has 12 heteroatoms. The number of carbonyl (C=O) groups excluding carboxylic acids is 2. The zero-order chi connectivity index (χ0) is 34.3. The van der Waals surface area contributed by atoms with Crippen molar-refractivity contribution in [1.82, 2.24) is 5.32 Å². The van der Waals surface area contributed by atoms with Crippen molar-refractivity contribution in [2.45, 2.75) is 167 Å². The summed E-state index contributed by atoms with van der Waals surface area (Å²) in [5.41, 5.74) is 0. The summed E-state index contributed by atoms with van der Waals surface area (Å²) in [6.45, 7) is 2.51. The maximum Gasteiger partial charge on any atom is 0.472 e. The van der Waals surface area contributed by atoms with Crippen LogP contribution in [0, 0.1) is 0 Å². The maximum absolute atomic E-state index is 12.2. The number of aliphatic carboxylic acids is 1. The molecule has 0 aliphatic carbocycles. The number of esters is 1. The molecule has 46 heavy (non-hydrogen) atoms. The zero-order valence-corrected chi connectivity index (χ0v) is 29.5. The van der Waals surface area contributed by atoms with E-state index in [1.165, 1.54) is 57.8 Å². The molecule has 0 aliphatic heterocycles. The van der Waals surface area contributed by atoms with Crippen LogP contribution >= 0.6 is 7.82 Å². The van der Waals surface area contributed by atoms with Crippen LogP contribution in [0.4, 0.5) is 0 Å². The summed E-state index contributed by atoms with van der Waals surface area (Å²) in [7, 11) is -4.74. The van der Waals surface area contributed by atoms with Crippen molar-refractivity contribution < 1.29 is 47.8 Å². The molecule has 0 aromatic carbocycles. The number of aliphatic hydroxyl groups is 1. The lowest BCUT2D eigenvalue weighted by molar-refractivity contribution is -0.147. The van der Waals surface area contributed by atoms with Gasteiger partial charge in [0.05, 0.1) is 13.2 Å². The molecule has 0 rings (SSSR count). The lowest BCUT2D eigenvalue weighted by Gasteiger charge is -2.18. The number of unbranched alkanes of at least 4 members (excludes halogenated alkanes) is 17. The summed E-state index contributed by atoms with van der Waals surface area (Å²) >= 11 is 0. The van der Waals surface area contributed by atoms with Gasteiger partial charge in [-0.15, -0.1) is 0 Å². The van der Waals surface area contributed by atoms with E-state index in [-0.39, 0.29) is 12.8 Å². The standard InChI is InChI=1S/C34H64NO10P/c1-3-5-7-9-11-13-14-15-16-18-19-21-23-25-32(37)35-31(34(39)40)29-45-46(41,42)44-28-30(36)27-43-33(38)26-24-22-20-17-12-10-8-6-4-2/h13-14,30-31,36H,3-12,15-29H2,1-2H3,(H,35,37)(H,39,40)(H,41,42)/b14-13-. The molecule has 0 fully saturated rings. The van der Waals surface area contributed by atoms with Gasteiger partial charge in [-0.2, -0.15) is 0 Å². The Balaban J connectivity index is 4.02. The summed E-state index contributed by atoms with van der Waals surface area (Å²) in [6.07, 6.45) is 25.4. The summed E-state index contributed by atoms with van der Waals surface area (Å²) in [5.74, 6) is -2.39. The van der Waals surface area contributed by atoms with Crippen LogP contribution in [-0.2, 0) is 32.7 Å². The van der Waals surface area contributed by atoms with E-state index >= 15 is 0 Å². The first-order valence-electron chi connectivity index (χ1n) is 17.7. The van der Waals surface area contributed by atoms with Gasteiger partial charge < -0.3 is 25.2 Å². The van der Waals surface area contributed by atoms with Gasteiger partial charge in [-0.1, -0.05) is 116 Å². The molecule has 4 N–H and O–H groups in total. The zero-order valence-electron chi connectivity index (χ0n) is 28.6. The number of nitrogens with one attached hydrogen (secondary N) is 1. The van der Waals surface area contributed by atoms with E-state index < -0.39 is 57.6 Å². The van der Waals surface area contributed by atoms with Crippen LogP contribution in [0.5, 0.6) is 0 Å². The number of hydrogen-bond donors (Lipinski definition) is 4. The van der Waals surface area contributed by atoms with Gasteiger partial charge in [-0.3, -0.25) is 18.6 Å². The molecule has 11 nitrogen and oxygen atoms in total. The summed E-state index contributed by atoms with van der Waals surface area (Å²) in [4.78, 5) is 45.5. The van der Waals surface area contributed by atoms with E-state index in [1.54, 1.807) is 0 Å². The molecule has 0 heterocycles. The van der Waals surface area contributed by atoms with E-state index in [9.17, 15) is 34.1 Å². The Morgan fingerprint density at radius 1 is 0.674 bits per heavy atom. The van der Waals surface area contributed by atoms with E-state index in [4.69, 9.17) is 13.8 Å². The quantitative estimate of drug-likeness (QED) is 0.0233. The predicted octanol–water partition coefficient (Wildman–Crippen LogP) is 7.77. The van der Waals surface area contributed by atoms with E-state index in [2.05, 4.69) is 31.3 Å². The van der Waals surface area contributed by atoms with Crippen molar-refractivity contribution in [3.63, 3.8) is 0 Å². The SMILES string of the molecule is CCCCCC/C=C\CCCCCCCC(=O)NC(COP(=O)(O)OCC(O)COC(=O)CCCCCCCCCCC)C(=O)O. The van der Waals surface area contributed by atoms with Gasteiger partial charge in [0.15, 0.2) is 6.04 Å². The predicted molar refractivity (Wildman–Crippen MR) is 180 cm³/mol. The second kappa shape index (κ2) is 30.5. The third-order valence-electron chi connectivity index (χ3n) is 7.55. The molecule has 0 aromatic rings. The molecule has 0 aromatic heterocycles. The lowest BCUT2D eigenvalue weighted by atomic mass is 10.1. The van der Waals surface area contributed by atoms with Crippen LogP contribution in [-0.4, -0.2) is 64.9 Å². The Kier molecular flexibility index (Phi) is 29.4. The highest BCUT2D eigenvalue weighted by atomic mass is 31.2. The lowest BCUT2D eigenvalue weighted by Crippen LogP contribution is -2.43. The van der Waals surface area contributed by atoms with Gasteiger partial charge in [0.1, 0.15) is 12.7 Å². The number of carbonyl (C=O) groups is 3. The van der Waals surface area contributed by atoms with Gasteiger partial charge in [0, 0.05) is 12.8 Å². The average Bonchev–Trinajstić information content (AvgIpc) is 3.02. The second-order valence-corrected chi connectivity index (χ2v) is 13.5. The van der Waals surface area contributed by atoms with Gasteiger partial charge in [-0.25, -0.2) is 9.36 Å². The van der Waals surface area contributed by atoms with Crippen LogP contribution in [0.25, 0.3) is 0 Å². The van der Waals surface area contributed by atoms with Crippen LogP contribution in [0.1, 0.15) is 155 Å². The number of allylic oxidation sites excluding steroid dienone is 2. The van der Waals surface area contributed by atoms with E-state index in [0.29, 0.717) is 12.8 Å². The van der Waals surface area contributed by atoms with Crippen molar-refractivity contribution in [3.05, 3.63) is 12.2 Å². The molecule has 3 unspecified atom stereocenters. The number of rotatable bonds is 33. The Hall–Kier alpha value is -1.78. The topological polar surface area (TPSA) is 169 Å². The molecule has 0 aliphatic rings. The molecular weight excluding hydrogens is 613 g/mol. The van der Waals surface area contributed by atoms with E-state index in [0.717, 1.165) is 57.8 Å². The van der Waals surface area contributed by atoms with Gasteiger partial charge >= 0.3 is 19.8 Å². The minimum Gasteiger partial charge on any atom is -0.480 e. The van der Waals surface area contributed by atoms with Gasteiger partial charge in [0.25, 0.3) is 0 Å². The first-order chi connectivity index (χ1) is 22.1. The molecule has 1 amide bonds. The molecule has 0 spiro atoms. The highest BCUT2D eigenvalue weighted by Gasteiger charge is 2.28. The second-order valence-electron chi connectivity index (χ2n) is 12.1. The number of ether oxygens (including phenoxy) is 1. The van der Waals surface area contributed by atoms with Gasteiger partial charge in [-0.05, 0) is 38.5 Å². The fraction of sp³-hybridized carbons (Fsp3) is 0.853. The van der Waals surface area contributed by atoms with Gasteiger partial charge in [0.2, 0.25) is 5.91 Å². The highest BCUT2D eigenvalue weighted by Crippen LogP contribution is 2.43. The molecule has 0 bridgehead atoms. The fourth-order valence-electron chi connectivity index (χ4n) is 4.72. The van der Waals surface area contributed by atoms with Crippen LogP contribution < -0.4 is 5.32 Å². The normalized spacial score (nSPS) is 14.2. The summed E-state index contributed by atoms with van der Waals surface area (Å²) in [5, 5.41) is 21.6. The largest absolute Gasteiger partial charge is 0.480 e. The molecular formula is C34H64NO10P. The number of phosphoric ester groups is 1. The maximum atomic E-state index is 12.2. The first-order valence-corrected chi connectivity index (χ1v) is 19.2. The number of carboxylic acids is 1. The Morgan fingerprint density at radius 3 is 1.67 bits per heavy atom. The summed E-state index contributed by atoms with van der Waals surface area (Å²) in [6, 6.07) is -1.54. The third-order valence-corrected chi connectivity index (χ3v) is 8.51. The summed E-state index contributed by atoms with van der Waals surface area (Å²) < 4.78 is 26.6. The van der Waals surface area contributed by atoms with Crippen molar-refractivity contribution in [1.29, 1.82) is 0 Å². The van der Waals surface area contributed by atoms with Crippen molar-refractivity contribution in [2.24, 2.45) is 0 Å². The van der Waals surface area contributed by atoms with Crippen molar-refractivity contribution in [3.8, 4) is 0 Å². The number of phosphoric acid groups is 1. The van der Waals surface area contributed by atoms with Crippen LogP contribution in [0.2, 0.25) is 0 Å². The number of carboxylic acid groups (broad SMARTS) is 1. The van der Waals surface area contributed by atoms with Crippen molar-refractivity contribution >= 4 is 25.7 Å². The highest BCUT2D eigenvalue weighted by molar-refractivity contribution is 7.47. The number of hydrogen-bond acceptors (Lipinski definition) is 8. The molecule has 0 saturated carbocycles. The first kappa shape index (κ1) is 44.2. The third kappa shape index (κ3) is 29.6. The van der Waals surface area contributed by atoms with Crippen LogP contribution in [0.15, 0.2) is 12.2 Å². The molecule has 270 valence electrons. The fourth-order valence-corrected chi connectivity index (χ4v) is 5.49. The smallest absolute Gasteiger partial charge is 0.472 e. The van der Waals surface area contributed by atoms with E-state index in [1.807, 2.05) is 0 Å². The number of amides is 1. The minimum absolute atomic E-state index is 0.138. The average molecular weight is 678 g/mol. The molecule has 3 atom stereocenters. The Labute approximate surface area is 277 Å².